The lowest BCUT2D eigenvalue weighted by Gasteiger charge is -2.26. The van der Waals surface area contributed by atoms with Gasteiger partial charge in [-0.05, 0) is 31.9 Å². The summed E-state index contributed by atoms with van der Waals surface area (Å²) >= 11 is 0. The molecule has 2 aromatic rings. The van der Waals surface area contributed by atoms with E-state index in [9.17, 15) is 4.79 Å². The van der Waals surface area contributed by atoms with Gasteiger partial charge in [-0.25, -0.2) is 4.98 Å². The standard InChI is InChI=1S/C18H21N3O3/c1-2-20-14-7-4-3-6-13(14)19-17(20)15-8-5-9-21(15)18(22)16-12-23-10-11-24-16/h3-4,6-7,12,15H,2,5,8-11H2,1H3. The number of para-hydroxylation sites is 2. The van der Waals surface area contributed by atoms with E-state index in [1.807, 2.05) is 23.1 Å². The monoisotopic (exact) mass is 327 g/mol. The number of carbonyl (C=O) groups excluding carboxylic acids is 1. The molecule has 1 saturated heterocycles. The molecule has 1 aromatic carbocycles. The fraction of sp³-hybridized carbons (Fsp3) is 0.444. The van der Waals surface area contributed by atoms with E-state index < -0.39 is 0 Å². The zero-order valence-corrected chi connectivity index (χ0v) is 13.8. The number of ether oxygens (including phenoxy) is 2. The van der Waals surface area contributed by atoms with E-state index in [-0.39, 0.29) is 11.9 Å². The Balaban J connectivity index is 1.70. The van der Waals surface area contributed by atoms with Gasteiger partial charge in [-0.2, -0.15) is 0 Å². The molecule has 1 unspecified atom stereocenters. The van der Waals surface area contributed by atoms with Crippen LogP contribution in [0.25, 0.3) is 11.0 Å². The highest BCUT2D eigenvalue weighted by Crippen LogP contribution is 2.34. The Morgan fingerprint density at radius 2 is 2.21 bits per heavy atom. The van der Waals surface area contributed by atoms with Gasteiger partial charge in [-0.3, -0.25) is 4.79 Å². The van der Waals surface area contributed by atoms with Crippen LogP contribution in [0.1, 0.15) is 31.6 Å². The predicted molar refractivity (Wildman–Crippen MR) is 89.1 cm³/mol. The molecule has 126 valence electrons. The van der Waals surface area contributed by atoms with E-state index in [1.54, 1.807) is 0 Å². The van der Waals surface area contributed by atoms with E-state index in [2.05, 4.69) is 17.6 Å². The van der Waals surface area contributed by atoms with Crippen molar-refractivity contribution >= 4 is 16.9 Å². The molecule has 0 radical (unpaired) electrons. The van der Waals surface area contributed by atoms with E-state index in [1.165, 1.54) is 6.26 Å². The van der Waals surface area contributed by atoms with Gasteiger partial charge in [0, 0.05) is 13.1 Å². The van der Waals surface area contributed by atoms with Crippen LogP contribution in [0.15, 0.2) is 36.3 Å². The number of aromatic nitrogens is 2. The summed E-state index contributed by atoms with van der Waals surface area (Å²) in [4.78, 5) is 19.5. The van der Waals surface area contributed by atoms with Gasteiger partial charge < -0.3 is 18.9 Å². The molecule has 2 aliphatic rings. The zero-order chi connectivity index (χ0) is 16.5. The molecular formula is C18H21N3O3. The molecule has 1 atom stereocenters. The number of hydrogen-bond acceptors (Lipinski definition) is 4. The van der Waals surface area contributed by atoms with Crippen molar-refractivity contribution in [2.75, 3.05) is 19.8 Å². The number of aryl methyl sites for hydroxylation is 1. The molecular weight excluding hydrogens is 306 g/mol. The van der Waals surface area contributed by atoms with Crippen LogP contribution in [-0.4, -0.2) is 40.1 Å². The normalized spacial score (nSPS) is 20.6. The number of amides is 1. The second kappa shape index (κ2) is 6.19. The van der Waals surface area contributed by atoms with Gasteiger partial charge >= 0.3 is 0 Å². The third kappa shape index (κ3) is 2.42. The number of benzene rings is 1. The van der Waals surface area contributed by atoms with Gasteiger partial charge in [-0.15, -0.1) is 0 Å². The van der Waals surface area contributed by atoms with Crippen LogP contribution in [0.4, 0.5) is 0 Å². The second-order valence-corrected chi connectivity index (χ2v) is 6.06. The quantitative estimate of drug-likeness (QED) is 0.869. The number of rotatable bonds is 3. The van der Waals surface area contributed by atoms with Crippen LogP contribution in [0, 0.1) is 0 Å². The molecule has 6 heteroatoms. The van der Waals surface area contributed by atoms with Gasteiger partial charge in [0.25, 0.3) is 5.91 Å². The number of imidazole rings is 1. The van der Waals surface area contributed by atoms with Gasteiger partial charge in [0.2, 0.25) is 5.76 Å². The van der Waals surface area contributed by atoms with Gasteiger partial charge in [0.15, 0.2) is 0 Å². The molecule has 1 aromatic heterocycles. The molecule has 2 aliphatic heterocycles. The van der Waals surface area contributed by atoms with E-state index >= 15 is 0 Å². The number of hydrogen-bond donors (Lipinski definition) is 0. The maximum atomic E-state index is 12.8. The molecule has 0 spiro atoms. The summed E-state index contributed by atoms with van der Waals surface area (Å²) in [5.74, 6) is 1.15. The Kier molecular flexibility index (Phi) is 3.88. The lowest BCUT2D eigenvalue weighted by atomic mass is 10.2. The summed E-state index contributed by atoms with van der Waals surface area (Å²) in [5, 5.41) is 0. The fourth-order valence-corrected chi connectivity index (χ4v) is 3.58. The number of nitrogens with zero attached hydrogens (tertiary/aromatic N) is 3. The van der Waals surface area contributed by atoms with Crippen LogP contribution >= 0.6 is 0 Å². The first-order valence-electron chi connectivity index (χ1n) is 8.50. The van der Waals surface area contributed by atoms with Crippen molar-refractivity contribution in [2.45, 2.75) is 32.4 Å². The van der Waals surface area contributed by atoms with Crippen molar-refractivity contribution in [3.05, 3.63) is 42.1 Å². The molecule has 24 heavy (non-hydrogen) atoms. The van der Waals surface area contributed by atoms with E-state index in [0.29, 0.717) is 19.0 Å². The highest BCUT2D eigenvalue weighted by molar-refractivity contribution is 5.92. The topological polar surface area (TPSA) is 56.6 Å². The summed E-state index contributed by atoms with van der Waals surface area (Å²) < 4.78 is 12.9. The fourth-order valence-electron chi connectivity index (χ4n) is 3.58. The van der Waals surface area contributed by atoms with Crippen LogP contribution in [0.5, 0.6) is 0 Å². The Bertz CT molecular complexity index is 796. The Morgan fingerprint density at radius 1 is 1.33 bits per heavy atom. The number of likely N-dealkylation sites (tertiary alicyclic amines) is 1. The minimum absolute atomic E-state index is 0.0173. The number of fused-ring (bicyclic) bond motifs is 1. The van der Waals surface area contributed by atoms with Crippen molar-refractivity contribution in [3.8, 4) is 0 Å². The third-order valence-corrected chi connectivity index (χ3v) is 4.67. The SMILES string of the molecule is CCn1c(C2CCCN2C(=O)C2=COCCO2)nc2ccccc21. The van der Waals surface area contributed by atoms with Crippen LogP contribution in [0.3, 0.4) is 0 Å². The van der Waals surface area contributed by atoms with Crippen molar-refractivity contribution in [3.63, 3.8) is 0 Å². The first-order chi connectivity index (χ1) is 11.8. The van der Waals surface area contributed by atoms with Crippen LogP contribution in [0.2, 0.25) is 0 Å². The Hall–Kier alpha value is -2.50. The molecule has 3 heterocycles. The third-order valence-electron chi connectivity index (χ3n) is 4.67. The summed E-state index contributed by atoms with van der Waals surface area (Å²) in [7, 11) is 0. The smallest absolute Gasteiger partial charge is 0.292 e. The lowest BCUT2D eigenvalue weighted by molar-refractivity contribution is -0.133. The molecule has 0 aliphatic carbocycles. The molecule has 0 N–H and O–H groups in total. The molecule has 1 fully saturated rings. The molecule has 6 nitrogen and oxygen atoms in total. The minimum Gasteiger partial charge on any atom is -0.494 e. The van der Waals surface area contributed by atoms with E-state index in [0.717, 1.165) is 42.8 Å². The lowest BCUT2D eigenvalue weighted by Crippen LogP contribution is -2.34. The zero-order valence-electron chi connectivity index (χ0n) is 13.8. The maximum Gasteiger partial charge on any atom is 0.292 e. The van der Waals surface area contributed by atoms with Crippen molar-refractivity contribution in [1.82, 2.24) is 14.5 Å². The van der Waals surface area contributed by atoms with Crippen molar-refractivity contribution in [2.24, 2.45) is 0 Å². The highest BCUT2D eigenvalue weighted by atomic mass is 16.6. The maximum absolute atomic E-state index is 12.8. The molecule has 0 bridgehead atoms. The first-order valence-corrected chi connectivity index (χ1v) is 8.50. The average molecular weight is 327 g/mol. The summed E-state index contributed by atoms with van der Waals surface area (Å²) in [6, 6.07) is 8.10. The van der Waals surface area contributed by atoms with E-state index in [4.69, 9.17) is 14.5 Å². The number of carbonyl (C=O) groups is 1. The van der Waals surface area contributed by atoms with Crippen molar-refractivity contribution in [1.29, 1.82) is 0 Å². The van der Waals surface area contributed by atoms with Crippen molar-refractivity contribution < 1.29 is 14.3 Å². The predicted octanol–water partition coefficient (Wildman–Crippen LogP) is 2.61. The molecule has 4 rings (SSSR count). The van der Waals surface area contributed by atoms with Gasteiger partial charge in [-0.1, -0.05) is 12.1 Å². The Morgan fingerprint density at radius 3 is 3.00 bits per heavy atom. The average Bonchev–Trinajstić information content (AvgIpc) is 3.25. The largest absolute Gasteiger partial charge is 0.494 e. The highest BCUT2D eigenvalue weighted by Gasteiger charge is 2.36. The minimum atomic E-state index is -0.105. The summed E-state index contributed by atoms with van der Waals surface area (Å²) in [6.45, 7) is 4.57. The van der Waals surface area contributed by atoms with Gasteiger partial charge in [0.05, 0.1) is 17.1 Å². The molecule has 0 saturated carbocycles. The Labute approximate surface area is 140 Å². The summed E-state index contributed by atoms with van der Waals surface area (Å²) in [6.07, 6.45) is 3.32. The van der Waals surface area contributed by atoms with Crippen LogP contribution in [-0.2, 0) is 20.8 Å². The second-order valence-electron chi connectivity index (χ2n) is 6.06. The summed E-state index contributed by atoms with van der Waals surface area (Å²) in [5.41, 5.74) is 2.09. The molecule has 1 amide bonds. The first kappa shape index (κ1) is 15.1. The van der Waals surface area contributed by atoms with Crippen LogP contribution < -0.4 is 0 Å². The van der Waals surface area contributed by atoms with Gasteiger partial charge in [0.1, 0.15) is 25.3 Å².